The lowest BCUT2D eigenvalue weighted by molar-refractivity contribution is 0.592. The molecule has 4 heteroatoms. The Morgan fingerprint density at radius 2 is 1.75 bits per heavy atom. The molecule has 0 fully saturated rings. The highest BCUT2D eigenvalue weighted by Gasteiger charge is 2.18. The highest BCUT2D eigenvalue weighted by molar-refractivity contribution is 7.91. The van der Waals surface area contributed by atoms with Crippen LogP contribution in [0, 0.1) is 6.92 Å². The van der Waals surface area contributed by atoms with Crippen molar-refractivity contribution < 1.29 is 8.42 Å². The number of aryl methyl sites for hydroxylation is 2. The van der Waals surface area contributed by atoms with Crippen LogP contribution in [0.25, 0.3) is 0 Å². The second-order valence-corrected chi connectivity index (χ2v) is 6.82. The van der Waals surface area contributed by atoms with Gasteiger partial charge in [0.1, 0.15) is 0 Å². The Balaban J connectivity index is 2.27. The van der Waals surface area contributed by atoms with Gasteiger partial charge in [-0.1, -0.05) is 37.1 Å². The molecule has 0 saturated carbocycles. The molecule has 1 aromatic heterocycles. The Labute approximate surface area is 120 Å². The van der Waals surface area contributed by atoms with Crippen molar-refractivity contribution in [1.82, 2.24) is 4.98 Å². The van der Waals surface area contributed by atoms with E-state index in [9.17, 15) is 8.42 Å². The molecule has 0 spiro atoms. The van der Waals surface area contributed by atoms with Crippen LogP contribution in [-0.2, 0) is 16.3 Å². The molecule has 2 rings (SSSR count). The molecule has 0 unspecified atom stereocenters. The van der Waals surface area contributed by atoms with E-state index in [0.717, 1.165) is 30.4 Å². The van der Waals surface area contributed by atoms with E-state index in [-0.39, 0.29) is 9.92 Å². The first kappa shape index (κ1) is 14.7. The summed E-state index contributed by atoms with van der Waals surface area (Å²) in [6.45, 7) is 4.06. The minimum absolute atomic E-state index is 0.113. The van der Waals surface area contributed by atoms with Gasteiger partial charge in [-0.3, -0.25) is 0 Å². The molecule has 20 heavy (non-hydrogen) atoms. The van der Waals surface area contributed by atoms with Gasteiger partial charge in [0, 0.05) is 6.20 Å². The van der Waals surface area contributed by atoms with E-state index in [4.69, 9.17) is 0 Å². The summed E-state index contributed by atoms with van der Waals surface area (Å²) in [6, 6.07) is 10.3. The van der Waals surface area contributed by atoms with Crippen LogP contribution in [0.4, 0.5) is 0 Å². The number of benzene rings is 1. The fraction of sp³-hybridized carbons (Fsp3) is 0.312. The van der Waals surface area contributed by atoms with Crippen molar-refractivity contribution in [3.8, 4) is 0 Å². The average Bonchev–Trinajstić information content (AvgIpc) is 2.46. The van der Waals surface area contributed by atoms with Crippen LogP contribution in [0.5, 0.6) is 0 Å². The van der Waals surface area contributed by atoms with Crippen LogP contribution in [0.3, 0.4) is 0 Å². The number of hydrogen-bond acceptors (Lipinski definition) is 3. The first-order chi connectivity index (χ1) is 9.54. The molecule has 0 bridgehead atoms. The highest BCUT2D eigenvalue weighted by atomic mass is 32.2. The summed E-state index contributed by atoms with van der Waals surface area (Å²) in [5.74, 6) is 0. The zero-order valence-electron chi connectivity index (χ0n) is 11.8. The Kier molecular flexibility index (Phi) is 4.55. The Hall–Kier alpha value is -1.68. The van der Waals surface area contributed by atoms with Crippen LogP contribution in [0.2, 0.25) is 0 Å². The maximum Gasteiger partial charge on any atom is 0.223 e. The number of rotatable bonds is 5. The van der Waals surface area contributed by atoms with Gasteiger partial charge in [-0.25, -0.2) is 13.4 Å². The average molecular weight is 289 g/mol. The summed E-state index contributed by atoms with van der Waals surface area (Å²) in [5.41, 5.74) is 2.11. The minimum atomic E-state index is -3.50. The number of hydrogen-bond donors (Lipinski definition) is 0. The molecule has 0 aliphatic rings. The lowest BCUT2D eigenvalue weighted by Crippen LogP contribution is -2.04. The maximum absolute atomic E-state index is 12.4. The number of aromatic nitrogens is 1. The van der Waals surface area contributed by atoms with E-state index < -0.39 is 9.84 Å². The van der Waals surface area contributed by atoms with Gasteiger partial charge in [-0.2, -0.15) is 0 Å². The number of nitrogens with zero attached hydrogens (tertiary/aromatic N) is 1. The molecule has 0 aliphatic carbocycles. The fourth-order valence-electron chi connectivity index (χ4n) is 1.94. The van der Waals surface area contributed by atoms with Gasteiger partial charge in [0.15, 0.2) is 5.03 Å². The van der Waals surface area contributed by atoms with E-state index >= 15 is 0 Å². The van der Waals surface area contributed by atoms with Gasteiger partial charge >= 0.3 is 0 Å². The van der Waals surface area contributed by atoms with Gasteiger partial charge in [0.25, 0.3) is 0 Å². The predicted molar refractivity (Wildman–Crippen MR) is 79.5 cm³/mol. The van der Waals surface area contributed by atoms with Crippen LogP contribution in [0.15, 0.2) is 52.5 Å². The molecule has 0 N–H and O–H groups in total. The largest absolute Gasteiger partial charge is 0.244 e. The van der Waals surface area contributed by atoms with Crippen molar-refractivity contribution in [3.63, 3.8) is 0 Å². The van der Waals surface area contributed by atoms with Crippen LogP contribution in [-0.4, -0.2) is 13.4 Å². The van der Waals surface area contributed by atoms with Crippen molar-refractivity contribution in [2.45, 2.75) is 43.0 Å². The van der Waals surface area contributed by atoms with Crippen LogP contribution < -0.4 is 0 Å². The molecule has 0 radical (unpaired) electrons. The van der Waals surface area contributed by atoms with Gasteiger partial charge in [0.2, 0.25) is 9.84 Å². The second-order valence-electron chi connectivity index (χ2n) is 4.92. The predicted octanol–water partition coefficient (Wildman–Crippen LogP) is 3.57. The van der Waals surface area contributed by atoms with Gasteiger partial charge in [0.05, 0.1) is 4.90 Å². The summed E-state index contributed by atoms with van der Waals surface area (Å²) in [4.78, 5) is 4.40. The molecule has 0 saturated heterocycles. The molecule has 1 heterocycles. The SMILES string of the molecule is CCCCc1ccc(S(=O)(=O)c2ccc(C)cc2)nc1. The monoisotopic (exact) mass is 289 g/mol. The van der Waals surface area contributed by atoms with E-state index in [2.05, 4.69) is 11.9 Å². The molecular weight excluding hydrogens is 270 g/mol. The topological polar surface area (TPSA) is 47.0 Å². The quantitative estimate of drug-likeness (QED) is 0.845. The van der Waals surface area contributed by atoms with Gasteiger partial charge in [-0.05, 0) is 43.5 Å². The molecule has 0 amide bonds. The van der Waals surface area contributed by atoms with Gasteiger partial charge in [-0.15, -0.1) is 0 Å². The Morgan fingerprint density at radius 1 is 1.05 bits per heavy atom. The molecule has 0 atom stereocenters. The summed E-state index contributed by atoms with van der Waals surface area (Å²) in [5, 5.41) is 0.113. The van der Waals surface area contributed by atoms with Crippen LogP contribution in [0.1, 0.15) is 30.9 Å². The third-order valence-corrected chi connectivity index (χ3v) is 4.91. The van der Waals surface area contributed by atoms with E-state index in [1.807, 2.05) is 13.0 Å². The lowest BCUT2D eigenvalue weighted by atomic mass is 10.1. The molecular formula is C16H19NO2S. The summed E-state index contributed by atoms with van der Waals surface area (Å²) >= 11 is 0. The first-order valence-corrected chi connectivity index (χ1v) is 8.29. The normalized spacial score (nSPS) is 11.5. The molecule has 3 nitrogen and oxygen atoms in total. The molecule has 0 aliphatic heterocycles. The number of sulfone groups is 1. The lowest BCUT2D eigenvalue weighted by Gasteiger charge is -2.05. The standard InChI is InChI=1S/C16H19NO2S/c1-3-4-5-14-8-11-16(17-12-14)20(18,19)15-9-6-13(2)7-10-15/h6-12H,3-5H2,1-2H3. The molecule has 106 valence electrons. The van der Waals surface area contributed by atoms with Crippen molar-refractivity contribution in [1.29, 1.82) is 0 Å². The zero-order valence-corrected chi connectivity index (χ0v) is 12.7. The summed E-state index contributed by atoms with van der Waals surface area (Å²) in [7, 11) is -3.50. The third-order valence-electron chi connectivity index (χ3n) is 3.22. The Bertz CT molecular complexity index is 659. The minimum Gasteiger partial charge on any atom is -0.244 e. The van der Waals surface area contributed by atoms with E-state index in [1.54, 1.807) is 36.5 Å². The maximum atomic E-state index is 12.4. The fourth-order valence-corrected chi connectivity index (χ4v) is 3.11. The summed E-state index contributed by atoms with van der Waals surface area (Å²) in [6.07, 6.45) is 4.81. The summed E-state index contributed by atoms with van der Waals surface area (Å²) < 4.78 is 24.8. The van der Waals surface area contributed by atoms with Crippen molar-refractivity contribution in [2.24, 2.45) is 0 Å². The van der Waals surface area contributed by atoms with Crippen LogP contribution >= 0.6 is 0 Å². The first-order valence-electron chi connectivity index (χ1n) is 6.80. The second kappa shape index (κ2) is 6.18. The smallest absolute Gasteiger partial charge is 0.223 e. The van der Waals surface area contributed by atoms with Crippen molar-refractivity contribution in [2.75, 3.05) is 0 Å². The highest BCUT2D eigenvalue weighted by Crippen LogP contribution is 2.19. The van der Waals surface area contributed by atoms with E-state index in [1.165, 1.54) is 0 Å². The number of unbranched alkanes of at least 4 members (excludes halogenated alkanes) is 1. The van der Waals surface area contributed by atoms with Crippen molar-refractivity contribution in [3.05, 3.63) is 53.7 Å². The number of pyridine rings is 1. The molecule has 2 aromatic rings. The van der Waals surface area contributed by atoms with Crippen molar-refractivity contribution >= 4 is 9.84 Å². The zero-order chi connectivity index (χ0) is 14.6. The Morgan fingerprint density at radius 3 is 2.30 bits per heavy atom. The van der Waals surface area contributed by atoms with Gasteiger partial charge < -0.3 is 0 Å². The third kappa shape index (κ3) is 3.25. The van der Waals surface area contributed by atoms with E-state index in [0.29, 0.717) is 0 Å². The molecule has 1 aromatic carbocycles.